The van der Waals surface area contributed by atoms with Gasteiger partial charge in [0.05, 0.1) is 18.7 Å². The van der Waals surface area contributed by atoms with E-state index in [1.807, 2.05) is 24.3 Å². The lowest BCUT2D eigenvalue weighted by molar-refractivity contribution is 0.0949. The number of ether oxygens (including phenoxy) is 1. The average molecular weight is 368 g/mol. The first kappa shape index (κ1) is 18.6. The Morgan fingerprint density at radius 1 is 1.19 bits per heavy atom. The normalized spacial score (nSPS) is 10.9. The number of nitrogen functional groups attached to an aromatic ring is 2. The Kier molecular flexibility index (Phi) is 5.80. The zero-order valence-electron chi connectivity index (χ0n) is 15.3. The SMILES string of the molecule is CCCCCOc1ccc2cc(CNC(=O)c3ccc(N)nc3N)oc2c1. The first-order valence-corrected chi connectivity index (χ1v) is 9.02. The van der Waals surface area contributed by atoms with Gasteiger partial charge in [-0.3, -0.25) is 4.79 Å². The number of unbranched alkanes of at least 4 members (excludes halogenated alkanes) is 2. The maximum absolute atomic E-state index is 12.3. The summed E-state index contributed by atoms with van der Waals surface area (Å²) in [5.41, 5.74) is 12.3. The molecule has 142 valence electrons. The minimum atomic E-state index is -0.333. The molecule has 0 aliphatic carbocycles. The third-order valence-electron chi connectivity index (χ3n) is 4.17. The van der Waals surface area contributed by atoms with Crippen LogP contribution in [0.1, 0.15) is 42.3 Å². The zero-order chi connectivity index (χ0) is 19.2. The van der Waals surface area contributed by atoms with Crippen molar-refractivity contribution in [3.05, 3.63) is 47.7 Å². The van der Waals surface area contributed by atoms with Gasteiger partial charge in [-0.2, -0.15) is 0 Å². The Hall–Kier alpha value is -3.22. The molecule has 0 saturated carbocycles. The van der Waals surface area contributed by atoms with Gasteiger partial charge in [-0.25, -0.2) is 4.98 Å². The van der Waals surface area contributed by atoms with Crippen LogP contribution in [0, 0.1) is 0 Å². The van der Waals surface area contributed by atoms with E-state index in [1.54, 1.807) is 6.07 Å². The number of rotatable bonds is 8. The monoisotopic (exact) mass is 368 g/mol. The number of fused-ring (bicyclic) bond motifs is 1. The molecule has 0 spiro atoms. The maximum atomic E-state index is 12.3. The van der Waals surface area contributed by atoms with Crippen molar-refractivity contribution in [2.75, 3.05) is 18.1 Å². The summed E-state index contributed by atoms with van der Waals surface area (Å²) in [6.45, 7) is 3.09. The van der Waals surface area contributed by atoms with Crippen molar-refractivity contribution in [1.82, 2.24) is 10.3 Å². The van der Waals surface area contributed by atoms with E-state index in [0.717, 1.165) is 36.0 Å². The molecule has 3 rings (SSSR count). The molecule has 2 aromatic heterocycles. The van der Waals surface area contributed by atoms with Crippen LogP contribution in [-0.2, 0) is 6.54 Å². The van der Waals surface area contributed by atoms with Crippen LogP contribution in [0.5, 0.6) is 5.75 Å². The predicted octanol–water partition coefficient (Wildman–Crippen LogP) is 3.49. The molecule has 7 nitrogen and oxygen atoms in total. The molecular weight excluding hydrogens is 344 g/mol. The Morgan fingerprint density at radius 2 is 2.04 bits per heavy atom. The van der Waals surface area contributed by atoms with Crippen LogP contribution in [0.3, 0.4) is 0 Å². The van der Waals surface area contributed by atoms with Gasteiger partial charge in [0.25, 0.3) is 5.91 Å². The molecule has 0 bridgehead atoms. The predicted molar refractivity (Wildman–Crippen MR) is 105 cm³/mol. The molecular formula is C20H24N4O3. The van der Waals surface area contributed by atoms with Crippen LogP contribution in [0.15, 0.2) is 40.8 Å². The number of pyridine rings is 1. The van der Waals surface area contributed by atoms with Crippen LogP contribution in [0.2, 0.25) is 0 Å². The fourth-order valence-electron chi connectivity index (χ4n) is 2.73. The lowest BCUT2D eigenvalue weighted by Crippen LogP contribution is -2.24. The third kappa shape index (κ3) is 4.69. The number of benzene rings is 1. The maximum Gasteiger partial charge on any atom is 0.255 e. The fraction of sp³-hybridized carbons (Fsp3) is 0.300. The molecule has 0 radical (unpaired) electrons. The van der Waals surface area contributed by atoms with Gasteiger partial charge in [-0.1, -0.05) is 19.8 Å². The van der Waals surface area contributed by atoms with Gasteiger partial charge in [-0.15, -0.1) is 0 Å². The van der Waals surface area contributed by atoms with E-state index in [1.165, 1.54) is 6.07 Å². The quantitative estimate of drug-likeness (QED) is 0.524. The average Bonchev–Trinajstić information content (AvgIpc) is 3.05. The first-order chi connectivity index (χ1) is 13.1. The highest BCUT2D eigenvalue weighted by Gasteiger charge is 2.12. The summed E-state index contributed by atoms with van der Waals surface area (Å²) >= 11 is 0. The van der Waals surface area contributed by atoms with E-state index >= 15 is 0 Å². The van der Waals surface area contributed by atoms with Crippen molar-refractivity contribution in [2.24, 2.45) is 0 Å². The summed E-state index contributed by atoms with van der Waals surface area (Å²) in [5.74, 6) is 1.46. The van der Waals surface area contributed by atoms with Crippen molar-refractivity contribution < 1.29 is 13.9 Å². The highest BCUT2D eigenvalue weighted by atomic mass is 16.5. The number of carbonyl (C=O) groups is 1. The molecule has 0 unspecified atom stereocenters. The molecule has 0 aliphatic rings. The Morgan fingerprint density at radius 3 is 2.81 bits per heavy atom. The van der Waals surface area contributed by atoms with Gasteiger partial charge in [0.1, 0.15) is 28.7 Å². The second-order valence-corrected chi connectivity index (χ2v) is 6.32. The summed E-state index contributed by atoms with van der Waals surface area (Å²) in [6.07, 6.45) is 3.35. The number of carbonyl (C=O) groups excluding carboxylic acids is 1. The second-order valence-electron chi connectivity index (χ2n) is 6.32. The summed E-state index contributed by atoms with van der Waals surface area (Å²) < 4.78 is 11.6. The summed E-state index contributed by atoms with van der Waals surface area (Å²) in [5, 5.41) is 3.73. The number of aromatic nitrogens is 1. The molecule has 3 aromatic rings. The largest absolute Gasteiger partial charge is 0.493 e. The van der Waals surface area contributed by atoms with Gasteiger partial charge < -0.3 is 25.9 Å². The van der Waals surface area contributed by atoms with Crippen molar-refractivity contribution in [3.63, 3.8) is 0 Å². The molecule has 7 heteroatoms. The van der Waals surface area contributed by atoms with Crippen molar-refractivity contribution in [1.29, 1.82) is 0 Å². The second kappa shape index (κ2) is 8.44. The molecule has 2 heterocycles. The minimum Gasteiger partial charge on any atom is -0.493 e. The van der Waals surface area contributed by atoms with Gasteiger partial charge >= 0.3 is 0 Å². The van der Waals surface area contributed by atoms with E-state index in [-0.39, 0.29) is 29.7 Å². The number of nitrogens with two attached hydrogens (primary N) is 2. The number of nitrogens with zero attached hydrogens (tertiary/aromatic N) is 1. The van der Waals surface area contributed by atoms with E-state index in [9.17, 15) is 4.79 Å². The molecule has 1 amide bonds. The number of nitrogens with one attached hydrogen (secondary N) is 1. The Labute approximate surface area is 157 Å². The van der Waals surface area contributed by atoms with Crippen LogP contribution in [0.25, 0.3) is 11.0 Å². The number of furan rings is 1. The number of anilines is 2. The first-order valence-electron chi connectivity index (χ1n) is 9.02. The molecule has 27 heavy (non-hydrogen) atoms. The molecule has 5 N–H and O–H groups in total. The smallest absolute Gasteiger partial charge is 0.255 e. The standard InChI is InChI=1S/C20H24N4O3/c1-2-3-4-9-26-14-6-5-13-10-15(27-17(13)11-14)12-23-20(25)16-7-8-18(21)24-19(16)22/h5-8,10-11H,2-4,9,12H2,1H3,(H,23,25)(H4,21,22,24). The van der Waals surface area contributed by atoms with Gasteiger partial charge in [0.15, 0.2) is 0 Å². The molecule has 1 aromatic carbocycles. The Bertz CT molecular complexity index is 936. The molecule has 0 atom stereocenters. The highest BCUT2D eigenvalue weighted by Crippen LogP contribution is 2.24. The number of amides is 1. The van der Waals surface area contributed by atoms with Crippen LogP contribution in [0.4, 0.5) is 11.6 Å². The molecule has 0 saturated heterocycles. The van der Waals surface area contributed by atoms with E-state index in [4.69, 9.17) is 20.6 Å². The van der Waals surface area contributed by atoms with E-state index in [0.29, 0.717) is 12.4 Å². The summed E-state index contributed by atoms with van der Waals surface area (Å²) in [4.78, 5) is 16.1. The van der Waals surface area contributed by atoms with Gasteiger partial charge in [-0.05, 0) is 36.8 Å². The third-order valence-corrected chi connectivity index (χ3v) is 4.17. The zero-order valence-corrected chi connectivity index (χ0v) is 15.3. The van der Waals surface area contributed by atoms with Gasteiger partial charge in [0, 0.05) is 11.5 Å². The molecule has 0 aliphatic heterocycles. The Balaban J connectivity index is 1.62. The fourth-order valence-corrected chi connectivity index (χ4v) is 2.73. The van der Waals surface area contributed by atoms with Crippen molar-refractivity contribution in [2.45, 2.75) is 32.7 Å². The van der Waals surface area contributed by atoms with Gasteiger partial charge in [0.2, 0.25) is 0 Å². The van der Waals surface area contributed by atoms with Crippen LogP contribution < -0.4 is 21.5 Å². The summed E-state index contributed by atoms with van der Waals surface area (Å²) in [7, 11) is 0. The lowest BCUT2D eigenvalue weighted by atomic mass is 10.2. The van der Waals surface area contributed by atoms with Crippen LogP contribution in [-0.4, -0.2) is 17.5 Å². The topological polar surface area (TPSA) is 116 Å². The highest BCUT2D eigenvalue weighted by molar-refractivity contribution is 5.98. The number of hydrogen-bond donors (Lipinski definition) is 3. The molecule has 0 fully saturated rings. The number of hydrogen-bond acceptors (Lipinski definition) is 6. The van der Waals surface area contributed by atoms with E-state index < -0.39 is 0 Å². The van der Waals surface area contributed by atoms with E-state index in [2.05, 4.69) is 17.2 Å². The summed E-state index contributed by atoms with van der Waals surface area (Å²) in [6, 6.07) is 10.7. The van der Waals surface area contributed by atoms with Crippen LogP contribution >= 0.6 is 0 Å². The van der Waals surface area contributed by atoms with Crippen molar-refractivity contribution >= 4 is 28.5 Å². The minimum absolute atomic E-state index is 0.0990. The lowest BCUT2D eigenvalue weighted by Gasteiger charge is -2.06. The van der Waals surface area contributed by atoms with Crippen molar-refractivity contribution in [3.8, 4) is 5.75 Å².